The van der Waals surface area contributed by atoms with Gasteiger partial charge in [-0.2, -0.15) is 0 Å². The Balaban J connectivity index is 2.84. The number of amides is 4. The van der Waals surface area contributed by atoms with Gasteiger partial charge in [-0.05, 0) is 13.3 Å². The summed E-state index contributed by atoms with van der Waals surface area (Å²) in [6.45, 7) is 1.27. The predicted molar refractivity (Wildman–Crippen MR) is 110 cm³/mol. The number of hydrogen-bond acceptors (Lipinski definition) is 8. The molecular weight excluding hydrogens is 442 g/mol. The molecule has 4 atom stereocenters. The molecule has 0 aromatic carbocycles. The van der Waals surface area contributed by atoms with Crippen LogP contribution in [0.1, 0.15) is 31.9 Å². The molecule has 15 nitrogen and oxygen atoms in total. The van der Waals surface area contributed by atoms with Crippen molar-refractivity contribution in [3.8, 4) is 0 Å². The summed E-state index contributed by atoms with van der Waals surface area (Å²) in [5, 5.41) is 24.6. The van der Waals surface area contributed by atoms with Gasteiger partial charge in [0.25, 0.3) is 0 Å². The molecule has 4 amide bonds. The first-order valence-electron chi connectivity index (χ1n) is 9.77. The second kappa shape index (κ2) is 12.7. The molecule has 0 aliphatic heterocycles. The van der Waals surface area contributed by atoms with Gasteiger partial charge >= 0.3 is 11.9 Å². The van der Waals surface area contributed by atoms with Gasteiger partial charge in [-0.25, -0.2) is 9.78 Å². The van der Waals surface area contributed by atoms with E-state index in [-0.39, 0.29) is 19.3 Å². The van der Waals surface area contributed by atoms with Gasteiger partial charge in [0, 0.05) is 24.7 Å². The lowest BCUT2D eigenvalue weighted by atomic mass is 10.1. The van der Waals surface area contributed by atoms with Gasteiger partial charge in [0.05, 0.1) is 18.8 Å². The summed E-state index contributed by atoms with van der Waals surface area (Å²) in [5.74, 6) is -6.04. The Labute approximate surface area is 187 Å². The van der Waals surface area contributed by atoms with Crippen LogP contribution in [-0.4, -0.2) is 79.9 Å². The van der Waals surface area contributed by atoms with Gasteiger partial charge in [-0.15, -0.1) is 0 Å². The summed E-state index contributed by atoms with van der Waals surface area (Å²) in [6.07, 6.45) is 1.55. The third-order valence-electron chi connectivity index (χ3n) is 4.39. The summed E-state index contributed by atoms with van der Waals surface area (Å²) in [4.78, 5) is 76.7. The molecule has 0 radical (unpaired) electrons. The number of imidazole rings is 1. The van der Waals surface area contributed by atoms with E-state index in [2.05, 4.69) is 25.9 Å². The number of aliphatic carboxylic acids is 2. The minimum absolute atomic E-state index is 0.0585. The highest BCUT2D eigenvalue weighted by Crippen LogP contribution is 2.03. The van der Waals surface area contributed by atoms with E-state index < -0.39 is 66.2 Å². The second-order valence-electron chi connectivity index (χ2n) is 7.18. The lowest BCUT2D eigenvalue weighted by Crippen LogP contribution is -2.57. The Morgan fingerprint density at radius 2 is 1.67 bits per heavy atom. The quantitative estimate of drug-likeness (QED) is 0.134. The fraction of sp³-hybridized carbons (Fsp3) is 0.500. The summed E-state index contributed by atoms with van der Waals surface area (Å²) >= 11 is 0. The Morgan fingerprint density at radius 3 is 2.18 bits per heavy atom. The Morgan fingerprint density at radius 1 is 1.03 bits per heavy atom. The summed E-state index contributed by atoms with van der Waals surface area (Å²) in [6, 6.07) is -5.23. The van der Waals surface area contributed by atoms with Crippen LogP contribution in [0.25, 0.3) is 0 Å². The van der Waals surface area contributed by atoms with E-state index >= 15 is 0 Å². The predicted octanol–water partition coefficient (Wildman–Crippen LogP) is -3.42. The van der Waals surface area contributed by atoms with Crippen molar-refractivity contribution >= 4 is 35.6 Å². The van der Waals surface area contributed by atoms with Gasteiger partial charge in [0.15, 0.2) is 0 Å². The molecule has 1 aromatic heterocycles. The molecule has 0 saturated carbocycles. The third-order valence-corrected chi connectivity index (χ3v) is 4.39. The van der Waals surface area contributed by atoms with Crippen LogP contribution in [0, 0.1) is 0 Å². The van der Waals surface area contributed by atoms with Crippen molar-refractivity contribution < 1.29 is 39.0 Å². The van der Waals surface area contributed by atoms with Crippen LogP contribution in [0.5, 0.6) is 0 Å². The van der Waals surface area contributed by atoms with Crippen molar-refractivity contribution in [3.05, 3.63) is 18.2 Å². The van der Waals surface area contributed by atoms with Crippen LogP contribution in [0.4, 0.5) is 0 Å². The number of rotatable bonds is 14. The highest BCUT2D eigenvalue weighted by atomic mass is 16.4. The maximum Gasteiger partial charge on any atom is 0.326 e. The first kappa shape index (κ1) is 27.0. The number of aromatic amines is 1. The number of nitrogens with one attached hydrogen (secondary N) is 4. The zero-order chi connectivity index (χ0) is 25.1. The lowest BCUT2D eigenvalue weighted by molar-refractivity contribution is -0.143. The molecule has 0 aliphatic carbocycles. The van der Waals surface area contributed by atoms with E-state index in [0.29, 0.717) is 5.69 Å². The van der Waals surface area contributed by atoms with Crippen molar-refractivity contribution in [2.24, 2.45) is 11.5 Å². The van der Waals surface area contributed by atoms with Crippen LogP contribution in [-0.2, 0) is 35.2 Å². The van der Waals surface area contributed by atoms with E-state index in [0.717, 1.165) is 0 Å². The van der Waals surface area contributed by atoms with Gasteiger partial charge in [-0.1, -0.05) is 0 Å². The lowest BCUT2D eigenvalue weighted by Gasteiger charge is -2.23. The number of carbonyl (C=O) groups excluding carboxylic acids is 4. The molecule has 15 heteroatoms. The highest BCUT2D eigenvalue weighted by Gasteiger charge is 2.29. The van der Waals surface area contributed by atoms with Crippen LogP contribution < -0.4 is 27.4 Å². The maximum atomic E-state index is 12.7. The number of primary amides is 1. The number of H-pyrrole nitrogens is 1. The van der Waals surface area contributed by atoms with Gasteiger partial charge in [-0.3, -0.25) is 24.0 Å². The molecular formula is C18H27N7O8. The molecule has 4 unspecified atom stereocenters. The summed E-state index contributed by atoms with van der Waals surface area (Å²) in [7, 11) is 0. The second-order valence-corrected chi connectivity index (χ2v) is 7.18. The Hall–Kier alpha value is -4.01. The minimum Gasteiger partial charge on any atom is -0.481 e. The van der Waals surface area contributed by atoms with Gasteiger partial charge < -0.3 is 42.6 Å². The monoisotopic (exact) mass is 469 g/mol. The largest absolute Gasteiger partial charge is 0.481 e. The number of nitrogens with zero attached hydrogens (tertiary/aromatic N) is 1. The molecule has 33 heavy (non-hydrogen) atoms. The van der Waals surface area contributed by atoms with Crippen LogP contribution >= 0.6 is 0 Å². The first-order valence-corrected chi connectivity index (χ1v) is 9.77. The van der Waals surface area contributed by atoms with Crippen molar-refractivity contribution in [2.75, 3.05) is 0 Å². The topological polar surface area (TPSA) is 260 Å². The van der Waals surface area contributed by atoms with Crippen LogP contribution in [0.15, 0.2) is 12.5 Å². The zero-order valence-electron chi connectivity index (χ0n) is 17.7. The number of nitrogens with two attached hydrogens (primary N) is 2. The number of carbonyl (C=O) groups is 6. The average molecular weight is 469 g/mol. The van der Waals surface area contributed by atoms with Gasteiger partial charge in [0.2, 0.25) is 23.6 Å². The molecule has 0 spiro atoms. The summed E-state index contributed by atoms with van der Waals surface area (Å²) < 4.78 is 0. The highest BCUT2D eigenvalue weighted by molar-refractivity contribution is 5.94. The van der Waals surface area contributed by atoms with Crippen molar-refractivity contribution in [1.82, 2.24) is 25.9 Å². The van der Waals surface area contributed by atoms with Crippen molar-refractivity contribution in [3.63, 3.8) is 0 Å². The van der Waals surface area contributed by atoms with E-state index in [4.69, 9.17) is 21.7 Å². The molecule has 182 valence electrons. The van der Waals surface area contributed by atoms with Crippen LogP contribution in [0.3, 0.4) is 0 Å². The van der Waals surface area contributed by atoms with Gasteiger partial charge in [0.1, 0.15) is 18.1 Å². The minimum atomic E-state index is -1.58. The normalized spacial score (nSPS) is 14.2. The third kappa shape index (κ3) is 9.77. The fourth-order valence-corrected chi connectivity index (χ4v) is 2.59. The molecule has 0 aliphatic rings. The maximum absolute atomic E-state index is 12.7. The molecule has 0 fully saturated rings. The van der Waals surface area contributed by atoms with Crippen molar-refractivity contribution in [1.29, 1.82) is 0 Å². The first-order chi connectivity index (χ1) is 15.4. The van der Waals surface area contributed by atoms with Crippen molar-refractivity contribution in [2.45, 2.75) is 56.8 Å². The molecule has 0 saturated heterocycles. The van der Waals surface area contributed by atoms with E-state index in [1.165, 1.54) is 19.4 Å². The fourth-order valence-electron chi connectivity index (χ4n) is 2.59. The molecule has 1 heterocycles. The molecule has 0 bridgehead atoms. The van der Waals surface area contributed by atoms with E-state index in [9.17, 15) is 28.8 Å². The van der Waals surface area contributed by atoms with E-state index in [1.54, 1.807) is 0 Å². The standard InChI is InChI=1S/C18H27N7O8/c1-8(15(29)25-12(18(32)33)5-13(20)26)23-17(31)11(4-9-6-21-7-22-9)24-16(30)10(19)2-3-14(27)28/h6-8,10-12H,2-5,19H2,1H3,(H2,20,26)(H,21,22)(H,23,31)(H,24,30)(H,25,29)(H,27,28)(H,32,33). The zero-order valence-corrected chi connectivity index (χ0v) is 17.7. The number of hydrogen-bond donors (Lipinski definition) is 8. The molecule has 1 aromatic rings. The molecule has 1 rings (SSSR count). The number of carboxylic acid groups (broad SMARTS) is 2. The SMILES string of the molecule is CC(NC(=O)C(Cc1cnc[nH]1)NC(=O)C(N)CCC(=O)O)C(=O)NC(CC(N)=O)C(=O)O. The number of aromatic nitrogens is 2. The Kier molecular flexibility index (Phi) is 10.4. The summed E-state index contributed by atoms with van der Waals surface area (Å²) in [5.41, 5.74) is 11.1. The number of carboxylic acids is 2. The smallest absolute Gasteiger partial charge is 0.326 e. The van der Waals surface area contributed by atoms with E-state index in [1.807, 2.05) is 0 Å². The Bertz CT molecular complexity index is 873. The molecule has 10 N–H and O–H groups in total. The average Bonchev–Trinajstić information content (AvgIpc) is 3.23. The van der Waals surface area contributed by atoms with Crippen LogP contribution in [0.2, 0.25) is 0 Å².